The fourth-order valence-corrected chi connectivity index (χ4v) is 9.60. The summed E-state index contributed by atoms with van der Waals surface area (Å²) in [5.74, 6) is 2.74. The van der Waals surface area contributed by atoms with Crippen molar-refractivity contribution in [3.63, 3.8) is 0 Å². The molecule has 1 fully saturated rings. The number of fused-ring (bicyclic) bond motifs is 1. The third kappa shape index (κ3) is 7.00. The second-order valence-electron chi connectivity index (χ2n) is 18.1. The Bertz CT molecular complexity index is 2550. The molecule has 1 heterocycles. The number of hydrogen-bond donors (Lipinski definition) is 1. The summed E-state index contributed by atoms with van der Waals surface area (Å²) in [6.45, 7) is 18.5. The minimum Gasteiger partial charge on any atom is -0.507 e. The topological polar surface area (TPSA) is 29.0 Å². The van der Waals surface area contributed by atoms with Crippen LogP contribution in [0.1, 0.15) is 113 Å². The van der Waals surface area contributed by atoms with Gasteiger partial charge in [0.1, 0.15) is 11.4 Å². The molecule has 0 saturated heterocycles. The minimum absolute atomic E-state index is 0.317. The van der Waals surface area contributed by atoms with E-state index in [2.05, 4.69) is 193 Å². The lowest BCUT2D eigenvalue weighted by Crippen LogP contribution is -2.31. The zero-order valence-electron chi connectivity index (χ0n) is 35.4. The highest BCUT2D eigenvalue weighted by Gasteiger charge is 2.33. The molecule has 0 radical (unpaired) electrons. The van der Waals surface area contributed by atoms with Crippen molar-refractivity contribution in [2.75, 3.05) is 0 Å². The second kappa shape index (κ2) is 15.2. The van der Waals surface area contributed by atoms with Crippen molar-refractivity contribution in [3.8, 4) is 56.2 Å². The number of rotatable bonds is 8. The van der Waals surface area contributed by atoms with E-state index in [9.17, 15) is 5.11 Å². The van der Waals surface area contributed by atoms with Gasteiger partial charge < -0.3 is 5.11 Å². The summed E-state index contributed by atoms with van der Waals surface area (Å²) in [5, 5.41) is 12.5. The molecular formula is C54H59N2O+. The summed E-state index contributed by atoms with van der Waals surface area (Å²) in [5.41, 5.74) is 17.7. The van der Waals surface area contributed by atoms with Gasteiger partial charge in [-0.05, 0) is 126 Å². The first-order chi connectivity index (χ1) is 27.3. The van der Waals surface area contributed by atoms with Crippen molar-refractivity contribution in [2.24, 2.45) is 12.5 Å². The maximum Gasteiger partial charge on any atom is 0.295 e. The number of aryl methyl sites for hydroxylation is 2. The summed E-state index contributed by atoms with van der Waals surface area (Å²) in [6, 6.07) is 44.1. The smallest absolute Gasteiger partial charge is 0.295 e. The quantitative estimate of drug-likeness (QED) is 0.154. The SMILES string of the molecule is Cc1ccc(-c2cc(-c3ccccc3)cc(-c3ccc(C4CCC(C)(C)CC4)cc3)c2O)c(C)c1-c1n(-c2c(C(C)C)cccc2C(C)C)c2ccccc2[n+]1C. The molecule has 1 aromatic heterocycles. The minimum atomic E-state index is 0.317. The number of aromatic nitrogens is 2. The van der Waals surface area contributed by atoms with Crippen molar-refractivity contribution in [1.29, 1.82) is 0 Å². The number of hydrogen-bond acceptors (Lipinski definition) is 1. The number of imidazole rings is 1. The summed E-state index contributed by atoms with van der Waals surface area (Å²) in [7, 11) is 2.20. The molecule has 6 aromatic carbocycles. The molecule has 0 amide bonds. The van der Waals surface area contributed by atoms with E-state index in [-0.39, 0.29) is 0 Å². The van der Waals surface area contributed by atoms with E-state index in [0.717, 1.165) is 44.8 Å². The molecule has 1 aliphatic carbocycles. The number of phenolic OH excluding ortho intramolecular Hbond substituents is 1. The van der Waals surface area contributed by atoms with E-state index in [1.54, 1.807) is 0 Å². The van der Waals surface area contributed by atoms with Crippen LogP contribution in [-0.4, -0.2) is 9.67 Å². The van der Waals surface area contributed by atoms with Crippen molar-refractivity contribution >= 4 is 11.0 Å². The van der Waals surface area contributed by atoms with Crippen LogP contribution in [0.4, 0.5) is 0 Å². The van der Waals surface area contributed by atoms with Crippen LogP contribution >= 0.6 is 0 Å². The van der Waals surface area contributed by atoms with Gasteiger partial charge in [0.05, 0.1) is 12.6 Å². The fourth-order valence-electron chi connectivity index (χ4n) is 9.60. The Balaban J connectivity index is 1.34. The lowest BCUT2D eigenvalue weighted by Gasteiger charge is -2.34. The first-order valence-corrected chi connectivity index (χ1v) is 21.1. The van der Waals surface area contributed by atoms with Crippen LogP contribution in [0.3, 0.4) is 0 Å². The normalized spacial score (nSPS) is 14.6. The van der Waals surface area contributed by atoms with E-state index < -0.39 is 0 Å². The van der Waals surface area contributed by atoms with E-state index >= 15 is 0 Å². The highest BCUT2D eigenvalue weighted by Crippen LogP contribution is 2.47. The molecule has 1 N–H and O–H groups in total. The average Bonchev–Trinajstić information content (AvgIpc) is 3.49. The van der Waals surface area contributed by atoms with Gasteiger partial charge in [-0.3, -0.25) is 0 Å². The van der Waals surface area contributed by atoms with Crippen LogP contribution in [0.2, 0.25) is 0 Å². The zero-order chi connectivity index (χ0) is 40.2. The molecule has 7 aromatic rings. The Morgan fingerprint density at radius 3 is 1.91 bits per heavy atom. The van der Waals surface area contributed by atoms with Crippen LogP contribution in [0.5, 0.6) is 5.75 Å². The largest absolute Gasteiger partial charge is 0.507 e. The van der Waals surface area contributed by atoms with E-state index in [1.165, 1.54) is 70.2 Å². The predicted molar refractivity (Wildman–Crippen MR) is 241 cm³/mol. The van der Waals surface area contributed by atoms with Gasteiger partial charge in [0.25, 0.3) is 5.82 Å². The molecule has 0 bridgehead atoms. The van der Waals surface area contributed by atoms with Gasteiger partial charge in [-0.15, -0.1) is 0 Å². The Labute approximate surface area is 340 Å². The number of nitrogens with zero attached hydrogens (tertiary/aromatic N) is 2. The summed E-state index contributed by atoms with van der Waals surface area (Å²) < 4.78 is 4.90. The molecule has 8 rings (SSSR count). The summed E-state index contributed by atoms with van der Waals surface area (Å²) in [6.07, 6.45) is 5.00. The molecule has 290 valence electrons. The highest BCUT2D eigenvalue weighted by atomic mass is 16.3. The molecule has 1 saturated carbocycles. The molecule has 57 heavy (non-hydrogen) atoms. The lowest BCUT2D eigenvalue weighted by atomic mass is 9.71. The van der Waals surface area contributed by atoms with Crippen molar-refractivity contribution in [2.45, 2.75) is 98.8 Å². The number of aromatic hydroxyl groups is 1. The van der Waals surface area contributed by atoms with Crippen molar-refractivity contribution in [3.05, 3.63) is 149 Å². The molecule has 3 heteroatoms. The van der Waals surface area contributed by atoms with Crippen LogP contribution in [0.25, 0.3) is 61.5 Å². The van der Waals surface area contributed by atoms with Gasteiger partial charge in [0, 0.05) is 22.3 Å². The predicted octanol–water partition coefficient (Wildman–Crippen LogP) is 14.4. The van der Waals surface area contributed by atoms with Gasteiger partial charge in [-0.1, -0.05) is 139 Å². The molecule has 0 spiro atoms. The Morgan fingerprint density at radius 2 is 1.26 bits per heavy atom. The fraction of sp³-hybridized carbons (Fsp3) is 0.315. The van der Waals surface area contributed by atoms with E-state index in [0.29, 0.717) is 28.9 Å². The highest BCUT2D eigenvalue weighted by molar-refractivity contribution is 5.91. The van der Waals surface area contributed by atoms with Gasteiger partial charge in [0.2, 0.25) is 0 Å². The van der Waals surface area contributed by atoms with Gasteiger partial charge in [-0.25, -0.2) is 4.57 Å². The maximum absolute atomic E-state index is 12.5. The molecule has 0 atom stereocenters. The average molecular weight is 752 g/mol. The second-order valence-corrected chi connectivity index (χ2v) is 18.1. The van der Waals surface area contributed by atoms with E-state index in [4.69, 9.17) is 0 Å². The molecule has 3 nitrogen and oxygen atoms in total. The third-order valence-corrected chi connectivity index (χ3v) is 13.0. The zero-order valence-corrected chi connectivity index (χ0v) is 35.4. The van der Waals surface area contributed by atoms with Gasteiger partial charge >= 0.3 is 0 Å². The third-order valence-electron chi connectivity index (χ3n) is 13.0. The molecule has 1 aliphatic rings. The van der Waals surface area contributed by atoms with Crippen molar-refractivity contribution in [1.82, 2.24) is 4.57 Å². The Morgan fingerprint density at radius 1 is 0.649 bits per heavy atom. The van der Waals surface area contributed by atoms with Crippen LogP contribution < -0.4 is 4.57 Å². The van der Waals surface area contributed by atoms with Crippen LogP contribution in [0, 0.1) is 19.3 Å². The monoisotopic (exact) mass is 751 g/mol. The first kappa shape index (κ1) is 38.5. The molecule has 0 unspecified atom stereocenters. The van der Waals surface area contributed by atoms with Crippen molar-refractivity contribution < 1.29 is 9.67 Å². The van der Waals surface area contributed by atoms with Crippen LogP contribution in [-0.2, 0) is 7.05 Å². The number of benzene rings is 6. The number of phenols is 1. The van der Waals surface area contributed by atoms with E-state index in [1.807, 2.05) is 0 Å². The van der Waals surface area contributed by atoms with Gasteiger partial charge in [-0.2, -0.15) is 4.57 Å². The molecule has 0 aliphatic heterocycles. The van der Waals surface area contributed by atoms with Gasteiger partial charge in [0.15, 0.2) is 11.0 Å². The van der Waals surface area contributed by atoms with Crippen LogP contribution in [0.15, 0.2) is 121 Å². The Kier molecular flexibility index (Phi) is 10.2. The Hall–Kier alpha value is -5.41. The standard InChI is InChI=1S/C54H58N2O/c1-34(2)43-18-15-19-44(35(3)4)51(43)56-49-21-14-13-20-48(49)55(9)53(56)50-36(5)22-27-45(37(50)6)47-33-42(38-16-11-10-12-17-38)32-46(52(47)57)41-25-23-39(24-26-41)40-28-30-54(7,8)31-29-40/h10-27,32-35,40H,28-31H2,1-9H3/p+1. The maximum atomic E-state index is 12.5. The summed E-state index contributed by atoms with van der Waals surface area (Å²) in [4.78, 5) is 0. The summed E-state index contributed by atoms with van der Waals surface area (Å²) >= 11 is 0. The lowest BCUT2D eigenvalue weighted by molar-refractivity contribution is -0.633. The number of para-hydroxylation sites is 3. The molecular weight excluding hydrogens is 693 g/mol. The first-order valence-electron chi connectivity index (χ1n) is 21.1.